The predicted molar refractivity (Wildman–Crippen MR) is 145 cm³/mol. The Labute approximate surface area is 212 Å². The van der Waals surface area contributed by atoms with Crippen LogP contribution in [0.25, 0.3) is 16.5 Å². The molecule has 6 rings (SSSR count). The number of aromatic amines is 1. The van der Waals surface area contributed by atoms with Gasteiger partial charge in [-0.15, -0.1) is 0 Å². The van der Waals surface area contributed by atoms with E-state index in [4.69, 9.17) is 4.52 Å². The minimum Gasteiger partial charge on any atom is -0.354 e. The zero-order valence-electron chi connectivity index (χ0n) is 21.4. The van der Waals surface area contributed by atoms with Crippen molar-refractivity contribution in [1.29, 1.82) is 0 Å². The number of nitrogens with zero attached hydrogens (tertiary/aromatic N) is 5. The van der Waals surface area contributed by atoms with Gasteiger partial charge in [0.25, 0.3) is 0 Å². The summed E-state index contributed by atoms with van der Waals surface area (Å²) < 4.78 is 4.89. The van der Waals surface area contributed by atoms with Gasteiger partial charge >= 0.3 is 0 Å². The minimum atomic E-state index is 0.215. The summed E-state index contributed by atoms with van der Waals surface area (Å²) >= 11 is 0. The number of piperidine rings is 1. The van der Waals surface area contributed by atoms with Gasteiger partial charge in [-0.3, -0.25) is 9.89 Å². The monoisotopic (exact) mass is 482 g/mol. The lowest BCUT2D eigenvalue weighted by molar-refractivity contribution is 0.198. The Morgan fingerprint density at radius 1 is 1.17 bits per heavy atom. The van der Waals surface area contributed by atoms with Crippen molar-refractivity contribution in [2.75, 3.05) is 13.1 Å². The van der Waals surface area contributed by atoms with Gasteiger partial charge in [0, 0.05) is 16.6 Å². The van der Waals surface area contributed by atoms with Gasteiger partial charge in [-0.1, -0.05) is 31.1 Å². The van der Waals surface area contributed by atoms with Crippen LogP contribution in [0.15, 0.2) is 56.8 Å². The summed E-state index contributed by atoms with van der Waals surface area (Å²) in [6.45, 7) is 9.65. The first-order valence-electron chi connectivity index (χ1n) is 13.2. The van der Waals surface area contributed by atoms with Crippen molar-refractivity contribution in [1.82, 2.24) is 20.0 Å². The molecule has 0 amide bonds. The molecule has 0 spiro atoms. The number of allylic oxidation sites excluding steroid dienone is 3. The van der Waals surface area contributed by atoms with Crippen molar-refractivity contribution < 1.29 is 4.52 Å². The molecule has 0 bridgehead atoms. The molecule has 3 aromatic rings. The summed E-state index contributed by atoms with van der Waals surface area (Å²) in [4.78, 5) is 19.5. The normalized spacial score (nSPS) is 24.2. The van der Waals surface area contributed by atoms with Crippen LogP contribution < -0.4 is 0 Å². The number of benzene rings is 1. The number of likely N-dealkylation sites (tertiary alicyclic amines) is 1. The van der Waals surface area contributed by atoms with Gasteiger partial charge in [0.05, 0.1) is 18.3 Å². The first-order chi connectivity index (χ1) is 17.6. The third-order valence-corrected chi connectivity index (χ3v) is 7.90. The van der Waals surface area contributed by atoms with Crippen molar-refractivity contribution in [2.24, 2.45) is 9.98 Å². The van der Waals surface area contributed by atoms with Crippen LogP contribution in [0.2, 0.25) is 0 Å². The summed E-state index contributed by atoms with van der Waals surface area (Å²) in [5, 5.41) is 5.33. The van der Waals surface area contributed by atoms with Gasteiger partial charge in [-0.05, 0) is 98.0 Å². The summed E-state index contributed by atoms with van der Waals surface area (Å²) in [6, 6.07) is 7.29. The van der Waals surface area contributed by atoms with Gasteiger partial charge < -0.3 is 9.51 Å². The van der Waals surface area contributed by atoms with E-state index in [2.05, 4.69) is 81.1 Å². The zero-order valence-corrected chi connectivity index (χ0v) is 21.4. The molecule has 7 heteroatoms. The van der Waals surface area contributed by atoms with E-state index in [0.717, 1.165) is 56.9 Å². The van der Waals surface area contributed by atoms with E-state index in [9.17, 15) is 0 Å². The summed E-state index contributed by atoms with van der Waals surface area (Å²) in [5.41, 5.74) is 8.95. The maximum atomic E-state index is 4.89. The molecule has 36 heavy (non-hydrogen) atoms. The maximum absolute atomic E-state index is 4.89. The fourth-order valence-corrected chi connectivity index (χ4v) is 6.04. The molecule has 4 heterocycles. The number of aromatic nitrogens is 3. The molecule has 1 saturated heterocycles. The minimum absolute atomic E-state index is 0.215. The SMILES string of the molecule is C/C1=C/C(c2[nH]c3ccc(C4CCN(Cc5ncon5)CC4)cc3c2C(C)C)=C\CCC2N=CN=C12. The quantitative estimate of drug-likeness (QED) is 0.481. The van der Waals surface area contributed by atoms with Gasteiger partial charge in [-0.25, -0.2) is 4.99 Å². The molecule has 1 fully saturated rings. The highest BCUT2D eigenvalue weighted by Crippen LogP contribution is 2.38. The van der Waals surface area contributed by atoms with E-state index in [1.54, 1.807) is 6.34 Å². The number of nitrogens with one attached hydrogen (secondary N) is 1. The second-order valence-corrected chi connectivity index (χ2v) is 10.6. The van der Waals surface area contributed by atoms with Crippen LogP contribution in [0.3, 0.4) is 0 Å². The van der Waals surface area contributed by atoms with Crippen molar-refractivity contribution in [3.63, 3.8) is 0 Å². The summed E-state index contributed by atoms with van der Waals surface area (Å²) in [6.07, 6.45) is 12.1. The van der Waals surface area contributed by atoms with Gasteiger partial charge in [0.1, 0.15) is 6.34 Å². The Balaban J connectivity index is 1.28. The Morgan fingerprint density at radius 2 is 2.03 bits per heavy atom. The fourth-order valence-electron chi connectivity index (χ4n) is 6.04. The highest BCUT2D eigenvalue weighted by molar-refractivity contribution is 6.11. The number of fused-ring (bicyclic) bond motifs is 2. The number of aliphatic imine (C=N–C) groups is 2. The molecule has 7 nitrogen and oxygen atoms in total. The second-order valence-electron chi connectivity index (χ2n) is 10.6. The van der Waals surface area contributed by atoms with Crippen LogP contribution >= 0.6 is 0 Å². The van der Waals surface area contributed by atoms with Crippen LogP contribution in [0, 0.1) is 0 Å². The third kappa shape index (κ3) is 4.37. The molecule has 1 N–H and O–H groups in total. The van der Waals surface area contributed by atoms with Gasteiger partial charge in [0.2, 0.25) is 6.39 Å². The molecular formula is C29H34N6O. The molecule has 0 radical (unpaired) electrons. The van der Waals surface area contributed by atoms with Crippen LogP contribution in [0.1, 0.15) is 80.9 Å². The molecule has 2 aliphatic heterocycles. The third-order valence-electron chi connectivity index (χ3n) is 7.90. The standard InChI is InChI=1S/C29H34N6O/c1-18(2)27-23-14-21(20-9-11-35(12-10-20)15-26-32-17-36-34-26)7-8-24(23)33-29(27)22-5-4-6-25-28(19(3)13-22)31-16-30-25/h5,7-8,13-14,16-18,20,25,33H,4,6,9-12,15H2,1-3H3/b19-13-,22-5+. The Morgan fingerprint density at radius 3 is 2.81 bits per heavy atom. The molecule has 1 aromatic carbocycles. The Kier molecular flexibility index (Phi) is 6.17. The van der Waals surface area contributed by atoms with Crippen LogP contribution in [0.4, 0.5) is 0 Å². The lowest BCUT2D eigenvalue weighted by atomic mass is 9.87. The van der Waals surface area contributed by atoms with E-state index >= 15 is 0 Å². The van der Waals surface area contributed by atoms with Crippen LogP contribution in [-0.4, -0.2) is 51.2 Å². The fraction of sp³-hybridized carbons (Fsp3) is 0.448. The van der Waals surface area contributed by atoms with Crippen molar-refractivity contribution in [3.05, 3.63) is 65.0 Å². The average Bonchev–Trinajstić information content (AvgIpc) is 3.62. The average molecular weight is 483 g/mol. The van der Waals surface area contributed by atoms with E-state index in [1.165, 1.54) is 45.3 Å². The molecule has 2 aromatic heterocycles. The maximum Gasteiger partial charge on any atom is 0.213 e. The van der Waals surface area contributed by atoms with E-state index in [0.29, 0.717) is 11.8 Å². The smallest absolute Gasteiger partial charge is 0.213 e. The second kappa shape index (κ2) is 9.62. The number of H-pyrrole nitrogens is 1. The van der Waals surface area contributed by atoms with Gasteiger partial charge in [-0.2, -0.15) is 4.98 Å². The first-order valence-corrected chi connectivity index (χ1v) is 13.2. The van der Waals surface area contributed by atoms with Crippen molar-refractivity contribution in [2.45, 2.75) is 70.9 Å². The van der Waals surface area contributed by atoms with Gasteiger partial charge in [0.15, 0.2) is 5.82 Å². The molecule has 0 saturated carbocycles. The van der Waals surface area contributed by atoms with E-state index in [1.807, 2.05) is 0 Å². The largest absolute Gasteiger partial charge is 0.354 e. The Bertz CT molecular complexity index is 1370. The lowest BCUT2D eigenvalue weighted by Crippen LogP contribution is -2.32. The molecule has 1 atom stereocenters. The molecule has 3 aliphatic rings. The molecule has 1 aliphatic carbocycles. The summed E-state index contributed by atoms with van der Waals surface area (Å²) in [7, 11) is 0. The topological polar surface area (TPSA) is 82.7 Å². The van der Waals surface area contributed by atoms with E-state index < -0.39 is 0 Å². The highest BCUT2D eigenvalue weighted by atomic mass is 16.5. The molecule has 186 valence electrons. The first kappa shape index (κ1) is 23.1. The lowest BCUT2D eigenvalue weighted by Gasteiger charge is -2.31. The molecular weight excluding hydrogens is 448 g/mol. The predicted octanol–water partition coefficient (Wildman–Crippen LogP) is 6.03. The number of hydrogen-bond donors (Lipinski definition) is 1. The zero-order chi connectivity index (χ0) is 24.6. The molecule has 1 unspecified atom stereocenters. The number of hydrogen-bond acceptors (Lipinski definition) is 6. The van der Waals surface area contributed by atoms with Crippen molar-refractivity contribution in [3.8, 4) is 0 Å². The Hall–Kier alpha value is -3.32. The van der Waals surface area contributed by atoms with Crippen molar-refractivity contribution >= 4 is 28.5 Å². The highest BCUT2D eigenvalue weighted by Gasteiger charge is 2.25. The van der Waals surface area contributed by atoms with Crippen LogP contribution in [-0.2, 0) is 6.54 Å². The number of rotatable bonds is 5. The summed E-state index contributed by atoms with van der Waals surface area (Å²) in [5.74, 6) is 1.77. The van der Waals surface area contributed by atoms with E-state index in [-0.39, 0.29) is 6.04 Å². The van der Waals surface area contributed by atoms with Crippen LogP contribution in [0.5, 0.6) is 0 Å².